The van der Waals surface area contributed by atoms with E-state index in [-0.39, 0.29) is 11.8 Å². The molecule has 1 aliphatic rings. The minimum Gasteiger partial charge on any atom is -0.339 e. The van der Waals surface area contributed by atoms with Crippen LogP contribution in [0.1, 0.15) is 25.0 Å². The predicted octanol–water partition coefficient (Wildman–Crippen LogP) is 1.76. The molecule has 0 unspecified atom stereocenters. The first-order chi connectivity index (χ1) is 10.8. The predicted molar refractivity (Wildman–Crippen MR) is 87.4 cm³/mol. The molecular weight excluding hydrogens is 290 g/mol. The Balaban J connectivity index is 1.92. The summed E-state index contributed by atoms with van der Waals surface area (Å²) in [6.45, 7) is 7.29. The van der Waals surface area contributed by atoms with Gasteiger partial charge in [-0.25, -0.2) is 0 Å². The van der Waals surface area contributed by atoms with Crippen LogP contribution in [0.25, 0.3) is 0 Å². The zero-order chi connectivity index (χ0) is 17.0. The molecular formula is C18H23N3O2. The first-order valence-electron chi connectivity index (χ1n) is 7.88. The molecule has 1 aromatic carbocycles. The fourth-order valence-electron chi connectivity index (χ4n) is 2.69. The van der Waals surface area contributed by atoms with Gasteiger partial charge in [0.25, 0.3) is 0 Å². The highest BCUT2D eigenvalue weighted by Gasteiger charge is 2.34. The Morgan fingerprint density at radius 2 is 1.70 bits per heavy atom. The third-order valence-corrected chi connectivity index (χ3v) is 4.34. The monoisotopic (exact) mass is 313 g/mol. The zero-order valence-corrected chi connectivity index (χ0v) is 14.0. The van der Waals surface area contributed by atoms with E-state index in [2.05, 4.69) is 0 Å². The second kappa shape index (κ2) is 6.82. The van der Waals surface area contributed by atoms with E-state index in [0.717, 1.165) is 11.1 Å². The fraction of sp³-hybridized carbons (Fsp3) is 0.500. The number of carbonyl (C=O) groups excluding carboxylic acids is 2. The Kier molecular flexibility index (Phi) is 5.05. The van der Waals surface area contributed by atoms with Crippen molar-refractivity contribution in [2.24, 2.45) is 5.41 Å². The molecule has 2 amide bonds. The van der Waals surface area contributed by atoms with Crippen LogP contribution in [0.3, 0.4) is 0 Å². The van der Waals surface area contributed by atoms with E-state index >= 15 is 0 Å². The lowest BCUT2D eigenvalue weighted by Gasteiger charge is -2.37. The number of aryl methyl sites for hydroxylation is 1. The number of rotatable bonds is 3. The maximum atomic E-state index is 12.4. The van der Waals surface area contributed by atoms with E-state index in [1.807, 2.05) is 37.3 Å². The van der Waals surface area contributed by atoms with Gasteiger partial charge < -0.3 is 9.80 Å². The molecule has 0 N–H and O–H groups in total. The van der Waals surface area contributed by atoms with E-state index in [4.69, 9.17) is 5.26 Å². The Morgan fingerprint density at radius 3 is 2.26 bits per heavy atom. The van der Waals surface area contributed by atoms with Gasteiger partial charge in [0.1, 0.15) is 5.41 Å². The number of nitriles is 1. The van der Waals surface area contributed by atoms with Crippen LogP contribution in [-0.4, -0.2) is 47.8 Å². The van der Waals surface area contributed by atoms with Crippen molar-refractivity contribution in [1.82, 2.24) is 9.80 Å². The van der Waals surface area contributed by atoms with Crippen LogP contribution in [0.5, 0.6) is 0 Å². The maximum absolute atomic E-state index is 12.4. The standard InChI is InChI=1S/C18H23N3O2/c1-14-6-4-5-7-15(14)12-16(22)20-8-10-21(11-9-20)17(23)18(2,3)13-19/h4-7H,8-12H2,1-3H3. The van der Waals surface area contributed by atoms with Crippen molar-refractivity contribution in [2.45, 2.75) is 27.2 Å². The molecule has 0 spiro atoms. The highest BCUT2D eigenvalue weighted by Crippen LogP contribution is 2.19. The summed E-state index contributed by atoms with van der Waals surface area (Å²) in [5.41, 5.74) is 1.15. The Morgan fingerprint density at radius 1 is 1.13 bits per heavy atom. The van der Waals surface area contributed by atoms with Crippen LogP contribution in [0.4, 0.5) is 0 Å². The number of benzene rings is 1. The van der Waals surface area contributed by atoms with Gasteiger partial charge in [-0.05, 0) is 31.9 Å². The third-order valence-electron chi connectivity index (χ3n) is 4.34. The highest BCUT2D eigenvalue weighted by atomic mass is 16.2. The first kappa shape index (κ1) is 17.0. The summed E-state index contributed by atoms with van der Waals surface area (Å²) >= 11 is 0. The van der Waals surface area contributed by atoms with Crippen molar-refractivity contribution in [3.05, 3.63) is 35.4 Å². The van der Waals surface area contributed by atoms with Crippen molar-refractivity contribution >= 4 is 11.8 Å². The zero-order valence-electron chi connectivity index (χ0n) is 14.0. The molecule has 1 aromatic rings. The average Bonchev–Trinajstić information content (AvgIpc) is 2.56. The van der Waals surface area contributed by atoms with Crippen LogP contribution >= 0.6 is 0 Å². The van der Waals surface area contributed by atoms with E-state index in [1.54, 1.807) is 23.6 Å². The first-order valence-corrected chi connectivity index (χ1v) is 7.88. The van der Waals surface area contributed by atoms with Crippen LogP contribution in [0.15, 0.2) is 24.3 Å². The summed E-state index contributed by atoms with van der Waals surface area (Å²) in [5.74, 6) is -0.0723. The number of piperazine rings is 1. The molecule has 122 valence electrons. The fourth-order valence-corrected chi connectivity index (χ4v) is 2.69. The van der Waals surface area contributed by atoms with Gasteiger partial charge in [0.2, 0.25) is 11.8 Å². The minimum absolute atomic E-state index is 0.0888. The van der Waals surface area contributed by atoms with Gasteiger partial charge in [-0.2, -0.15) is 5.26 Å². The molecule has 5 nitrogen and oxygen atoms in total. The Bertz CT molecular complexity index is 638. The molecule has 23 heavy (non-hydrogen) atoms. The average molecular weight is 313 g/mol. The molecule has 0 aliphatic carbocycles. The van der Waals surface area contributed by atoms with Crippen molar-refractivity contribution < 1.29 is 9.59 Å². The Labute approximate surface area is 137 Å². The topological polar surface area (TPSA) is 64.4 Å². The second-order valence-corrected chi connectivity index (χ2v) is 6.51. The smallest absolute Gasteiger partial charge is 0.242 e. The van der Waals surface area contributed by atoms with Gasteiger partial charge in [-0.3, -0.25) is 9.59 Å². The lowest BCUT2D eigenvalue weighted by Crippen LogP contribution is -2.53. The van der Waals surface area contributed by atoms with E-state index in [9.17, 15) is 9.59 Å². The molecule has 0 radical (unpaired) electrons. The van der Waals surface area contributed by atoms with Crippen molar-refractivity contribution in [3.63, 3.8) is 0 Å². The summed E-state index contributed by atoms with van der Waals surface area (Å²) in [6.07, 6.45) is 0.393. The number of nitrogens with zero attached hydrogens (tertiary/aromatic N) is 3. The SMILES string of the molecule is Cc1ccccc1CC(=O)N1CCN(C(=O)C(C)(C)C#N)CC1. The molecule has 0 aromatic heterocycles. The highest BCUT2D eigenvalue weighted by molar-refractivity contribution is 5.85. The van der Waals surface area contributed by atoms with Crippen LogP contribution in [0, 0.1) is 23.7 Å². The van der Waals surface area contributed by atoms with Gasteiger partial charge >= 0.3 is 0 Å². The third kappa shape index (κ3) is 3.89. The molecule has 0 bridgehead atoms. The molecule has 5 heteroatoms. The molecule has 0 saturated carbocycles. The molecule has 0 atom stereocenters. The van der Waals surface area contributed by atoms with Crippen molar-refractivity contribution in [2.75, 3.05) is 26.2 Å². The largest absolute Gasteiger partial charge is 0.339 e. The van der Waals surface area contributed by atoms with E-state index in [0.29, 0.717) is 32.6 Å². The number of hydrogen-bond donors (Lipinski definition) is 0. The Hall–Kier alpha value is -2.35. The van der Waals surface area contributed by atoms with Crippen molar-refractivity contribution in [1.29, 1.82) is 5.26 Å². The van der Waals surface area contributed by atoms with Gasteiger partial charge in [-0.15, -0.1) is 0 Å². The second-order valence-electron chi connectivity index (χ2n) is 6.51. The molecule has 1 aliphatic heterocycles. The summed E-state index contributed by atoms with van der Waals surface area (Å²) in [6, 6.07) is 9.92. The van der Waals surface area contributed by atoms with Gasteiger partial charge in [0.05, 0.1) is 12.5 Å². The lowest BCUT2D eigenvalue weighted by molar-refractivity contribution is -0.143. The summed E-state index contributed by atoms with van der Waals surface area (Å²) in [7, 11) is 0. The summed E-state index contributed by atoms with van der Waals surface area (Å²) in [5, 5.41) is 9.06. The van der Waals surface area contributed by atoms with Gasteiger partial charge in [0, 0.05) is 26.2 Å². The van der Waals surface area contributed by atoms with Crippen LogP contribution < -0.4 is 0 Å². The maximum Gasteiger partial charge on any atom is 0.242 e. The minimum atomic E-state index is -1.01. The summed E-state index contributed by atoms with van der Waals surface area (Å²) < 4.78 is 0. The number of hydrogen-bond acceptors (Lipinski definition) is 3. The normalized spacial score (nSPS) is 15.2. The lowest BCUT2D eigenvalue weighted by atomic mass is 9.93. The number of carbonyl (C=O) groups is 2. The molecule has 1 heterocycles. The molecule has 1 fully saturated rings. The number of amides is 2. The van der Waals surface area contributed by atoms with Crippen LogP contribution in [0.2, 0.25) is 0 Å². The van der Waals surface area contributed by atoms with E-state index in [1.165, 1.54) is 0 Å². The summed E-state index contributed by atoms with van der Waals surface area (Å²) in [4.78, 5) is 28.2. The molecule has 2 rings (SSSR count). The van der Waals surface area contributed by atoms with E-state index < -0.39 is 5.41 Å². The van der Waals surface area contributed by atoms with Crippen molar-refractivity contribution in [3.8, 4) is 6.07 Å². The van der Waals surface area contributed by atoms with Crippen LogP contribution in [-0.2, 0) is 16.0 Å². The molecule has 1 saturated heterocycles. The van der Waals surface area contributed by atoms with Gasteiger partial charge in [-0.1, -0.05) is 24.3 Å². The quantitative estimate of drug-likeness (QED) is 0.854. The van der Waals surface area contributed by atoms with Gasteiger partial charge in [0.15, 0.2) is 0 Å².